The Balaban J connectivity index is 2.83. The van der Waals surface area contributed by atoms with Crippen LogP contribution in [0, 0.1) is 10.6 Å². The van der Waals surface area contributed by atoms with Crippen LogP contribution in [0.4, 0.5) is 5.69 Å². The Kier molecular flexibility index (Phi) is 3.03. The van der Waals surface area contributed by atoms with E-state index in [4.69, 9.17) is 44.9 Å². The van der Waals surface area contributed by atoms with Crippen molar-refractivity contribution in [3.05, 3.63) is 25.8 Å². The SMILES string of the molecule is COc1c(Cl)c(Cl)c2c(c1Cl)[NH+]([O-])CC2=N. The van der Waals surface area contributed by atoms with Crippen molar-refractivity contribution >= 4 is 46.2 Å². The summed E-state index contributed by atoms with van der Waals surface area (Å²) in [5, 5.41) is 19.5. The molecule has 0 aliphatic carbocycles. The fourth-order valence-corrected chi connectivity index (χ4v) is 2.68. The van der Waals surface area contributed by atoms with Gasteiger partial charge >= 0.3 is 0 Å². The first-order valence-corrected chi connectivity index (χ1v) is 5.47. The molecule has 1 unspecified atom stereocenters. The van der Waals surface area contributed by atoms with E-state index < -0.39 is 0 Å². The predicted molar refractivity (Wildman–Crippen MR) is 63.7 cm³/mol. The number of hydrogen-bond acceptors (Lipinski definition) is 3. The van der Waals surface area contributed by atoms with Crippen molar-refractivity contribution in [2.45, 2.75) is 0 Å². The van der Waals surface area contributed by atoms with Crippen molar-refractivity contribution < 1.29 is 9.80 Å². The van der Waals surface area contributed by atoms with E-state index in [1.807, 2.05) is 0 Å². The molecule has 1 aliphatic heterocycles. The Bertz CT molecular complexity index is 490. The Morgan fingerprint density at radius 3 is 2.44 bits per heavy atom. The molecule has 0 amide bonds. The molecule has 1 aliphatic rings. The monoisotopic (exact) mass is 280 g/mol. The minimum absolute atomic E-state index is 0.00172. The lowest BCUT2D eigenvalue weighted by atomic mass is 10.1. The zero-order valence-corrected chi connectivity index (χ0v) is 10.4. The van der Waals surface area contributed by atoms with Crippen molar-refractivity contribution in [1.82, 2.24) is 0 Å². The topological polar surface area (TPSA) is 60.6 Å². The van der Waals surface area contributed by atoms with E-state index in [9.17, 15) is 5.21 Å². The number of methoxy groups -OCH3 is 1. The van der Waals surface area contributed by atoms with Crippen LogP contribution in [0.2, 0.25) is 15.1 Å². The number of hydrogen-bond donors (Lipinski definition) is 2. The van der Waals surface area contributed by atoms with Gasteiger partial charge in [-0.1, -0.05) is 34.8 Å². The second-order valence-corrected chi connectivity index (χ2v) is 4.44. The molecule has 2 rings (SSSR count). The van der Waals surface area contributed by atoms with Crippen LogP contribution in [0.5, 0.6) is 5.75 Å². The van der Waals surface area contributed by atoms with Crippen LogP contribution in [0.3, 0.4) is 0 Å². The molecule has 1 atom stereocenters. The molecule has 0 fully saturated rings. The number of rotatable bonds is 1. The van der Waals surface area contributed by atoms with Gasteiger partial charge in [0, 0.05) is 0 Å². The van der Waals surface area contributed by atoms with E-state index >= 15 is 0 Å². The molecule has 0 saturated heterocycles. The first kappa shape index (κ1) is 12.0. The Morgan fingerprint density at radius 1 is 1.25 bits per heavy atom. The third-order valence-corrected chi connectivity index (χ3v) is 3.60. The van der Waals surface area contributed by atoms with Gasteiger partial charge in [0.1, 0.15) is 22.3 Å². The van der Waals surface area contributed by atoms with Crippen molar-refractivity contribution in [3.8, 4) is 5.75 Å². The third kappa shape index (κ3) is 1.49. The van der Waals surface area contributed by atoms with Gasteiger partial charge in [0.15, 0.2) is 11.4 Å². The highest BCUT2D eigenvalue weighted by molar-refractivity contribution is 6.48. The maximum absolute atomic E-state index is 11.6. The quantitative estimate of drug-likeness (QED) is 0.611. The summed E-state index contributed by atoms with van der Waals surface area (Å²) in [7, 11) is 1.39. The highest BCUT2D eigenvalue weighted by atomic mass is 35.5. The maximum atomic E-state index is 11.6. The van der Waals surface area contributed by atoms with Gasteiger partial charge in [0.25, 0.3) is 0 Å². The second kappa shape index (κ2) is 4.05. The van der Waals surface area contributed by atoms with Gasteiger partial charge in [-0.05, 0) is 0 Å². The average molecular weight is 282 g/mol. The maximum Gasteiger partial charge on any atom is 0.165 e. The summed E-state index contributed by atoms with van der Waals surface area (Å²) in [6.45, 7) is -0.00172. The first-order chi connectivity index (χ1) is 7.49. The average Bonchev–Trinajstić information content (AvgIpc) is 2.52. The molecule has 2 N–H and O–H groups in total. The molecule has 0 aromatic heterocycles. The molecule has 1 aromatic rings. The highest BCUT2D eigenvalue weighted by Gasteiger charge is 2.34. The van der Waals surface area contributed by atoms with E-state index in [0.717, 1.165) is 0 Å². The van der Waals surface area contributed by atoms with Crippen LogP contribution in [0.25, 0.3) is 0 Å². The van der Waals surface area contributed by atoms with Gasteiger partial charge in [-0.3, -0.25) is 5.41 Å². The number of benzene rings is 1. The van der Waals surface area contributed by atoms with Crippen LogP contribution >= 0.6 is 34.8 Å². The molecule has 4 nitrogen and oxygen atoms in total. The van der Waals surface area contributed by atoms with Crippen LogP contribution in [-0.4, -0.2) is 19.4 Å². The molecule has 1 heterocycles. The molecule has 1 aromatic carbocycles. The molecule has 0 radical (unpaired) electrons. The van der Waals surface area contributed by atoms with Crippen LogP contribution < -0.4 is 9.80 Å². The fraction of sp³-hybridized carbons (Fsp3) is 0.222. The fourth-order valence-electron chi connectivity index (χ4n) is 1.70. The van der Waals surface area contributed by atoms with Crippen molar-refractivity contribution in [3.63, 3.8) is 0 Å². The second-order valence-electron chi connectivity index (χ2n) is 3.30. The smallest absolute Gasteiger partial charge is 0.165 e. The van der Waals surface area contributed by atoms with Gasteiger partial charge in [0.2, 0.25) is 0 Å². The van der Waals surface area contributed by atoms with E-state index in [0.29, 0.717) is 5.56 Å². The Labute approximate surface area is 107 Å². The lowest BCUT2D eigenvalue weighted by molar-refractivity contribution is -0.760. The number of ether oxygens (including phenoxy) is 1. The van der Waals surface area contributed by atoms with E-state index in [1.165, 1.54) is 7.11 Å². The number of fused-ring (bicyclic) bond motifs is 1. The summed E-state index contributed by atoms with van der Waals surface area (Å²) in [5.74, 6) is 0.176. The third-order valence-electron chi connectivity index (χ3n) is 2.40. The summed E-state index contributed by atoms with van der Waals surface area (Å²) in [4.78, 5) is 0. The van der Waals surface area contributed by atoms with Crippen molar-refractivity contribution in [1.29, 1.82) is 5.41 Å². The lowest BCUT2D eigenvalue weighted by Crippen LogP contribution is -3.01. The standard InChI is InChI=1S/C9H7Cl3N2O2/c1-16-9-6(11)5(10)4-3(13)2-14(15)8(4)7(9)12/h13-14H,2H2,1H3. The van der Waals surface area contributed by atoms with Crippen molar-refractivity contribution in [2.75, 3.05) is 13.7 Å². The molecule has 86 valence electrons. The Morgan fingerprint density at radius 2 is 1.88 bits per heavy atom. The van der Waals surface area contributed by atoms with Gasteiger partial charge in [-0.2, -0.15) is 0 Å². The number of hydroxylamine groups is 1. The minimum Gasteiger partial charge on any atom is -0.629 e. The minimum atomic E-state index is -0.234. The molecule has 0 bridgehead atoms. The van der Waals surface area contributed by atoms with Crippen molar-refractivity contribution in [2.24, 2.45) is 0 Å². The zero-order chi connectivity index (χ0) is 12.0. The van der Waals surface area contributed by atoms with Crippen LogP contribution in [0.15, 0.2) is 0 Å². The summed E-state index contributed by atoms with van der Waals surface area (Å²) in [5.41, 5.74) is 0.692. The van der Waals surface area contributed by atoms with Gasteiger partial charge in [-0.25, -0.2) is 0 Å². The normalized spacial score (nSPS) is 18.8. The summed E-state index contributed by atoms with van der Waals surface area (Å²) < 4.78 is 4.99. The number of halogens is 3. The number of nitrogens with one attached hydrogen (secondary N) is 2. The summed E-state index contributed by atoms with van der Waals surface area (Å²) in [6, 6.07) is 0. The molecule has 0 saturated carbocycles. The summed E-state index contributed by atoms with van der Waals surface area (Å²) >= 11 is 17.9. The molecule has 7 heteroatoms. The lowest BCUT2D eigenvalue weighted by Gasteiger charge is -2.18. The molecule has 16 heavy (non-hydrogen) atoms. The zero-order valence-electron chi connectivity index (χ0n) is 8.16. The largest absolute Gasteiger partial charge is 0.629 e. The van der Waals surface area contributed by atoms with Crippen LogP contribution in [0.1, 0.15) is 5.56 Å². The van der Waals surface area contributed by atoms with Gasteiger partial charge in [-0.15, -0.1) is 0 Å². The van der Waals surface area contributed by atoms with E-state index in [-0.39, 0.29) is 43.8 Å². The summed E-state index contributed by atoms with van der Waals surface area (Å²) in [6.07, 6.45) is 0. The molecule has 0 spiro atoms. The van der Waals surface area contributed by atoms with Gasteiger partial charge in [0.05, 0.1) is 17.7 Å². The van der Waals surface area contributed by atoms with E-state index in [2.05, 4.69) is 0 Å². The predicted octanol–water partition coefficient (Wildman–Crippen LogP) is 2.05. The first-order valence-electron chi connectivity index (χ1n) is 4.34. The van der Waals surface area contributed by atoms with Crippen LogP contribution in [-0.2, 0) is 0 Å². The molecular formula is C9H7Cl3N2O2. The molecular weight excluding hydrogens is 274 g/mol. The van der Waals surface area contributed by atoms with E-state index in [1.54, 1.807) is 0 Å². The highest BCUT2D eigenvalue weighted by Crippen LogP contribution is 2.46. The Hall–Kier alpha value is -0.520. The van der Waals surface area contributed by atoms with Gasteiger partial charge < -0.3 is 15.0 Å². The number of quaternary nitrogens is 1.